The molecule has 0 saturated heterocycles. The van der Waals surface area contributed by atoms with Crippen molar-refractivity contribution in [3.05, 3.63) is 65.5 Å². The lowest BCUT2D eigenvalue weighted by Crippen LogP contribution is -2.28. The highest BCUT2D eigenvalue weighted by Gasteiger charge is 2.26. The maximum absolute atomic E-state index is 13.2. The molecule has 5 nitrogen and oxygen atoms in total. The summed E-state index contributed by atoms with van der Waals surface area (Å²) < 4.78 is 78.4. The molecule has 1 unspecified atom stereocenters. The van der Waals surface area contributed by atoms with E-state index in [2.05, 4.69) is 4.72 Å². The average Bonchev–Trinajstić information content (AvgIpc) is 2.72. The van der Waals surface area contributed by atoms with Crippen molar-refractivity contribution in [3.63, 3.8) is 0 Å². The number of carboxylic acid groups (broad SMARTS) is 1. The molecule has 0 aromatic heterocycles. The van der Waals surface area contributed by atoms with Crippen LogP contribution in [-0.4, -0.2) is 25.7 Å². The predicted molar refractivity (Wildman–Crippen MR) is 116 cm³/mol. The van der Waals surface area contributed by atoms with Crippen LogP contribution in [0.25, 0.3) is 0 Å². The summed E-state index contributed by atoms with van der Waals surface area (Å²) in [7, 11) is -3.99. The molecule has 0 spiro atoms. The third-order valence-electron chi connectivity index (χ3n) is 5.11. The summed E-state index contributed by atoms with van der Waals surface area (Å²) in [6.07, 6.45) is -3.12. The number of carboxylic acids is 1. The normalized spacial score (nSPS) is 13.1. The third-order valence-corrected chi connectivity index (χ3v) is 6.60. The first-order valence-electron chi connectivity index (χ1n) is 10.6. The molecular weight excluding hydrogens is 462 g/mol. The molecule has 2 aromatic carbocycles. The van der Waals surface area contributed by atoms with Crippen LogP contribution in [0.15, 0.2) is 53.4 Å². The number of alkyl halides is 3. The summed E-state index contributed by atoms with van der Waals surface area (Å²) in [4.78, 5) is 10.5. The van der Waals surface area contributed by atoms with Crippen molar-refractivity contribution in [1.29, 1.82) is 0 Å². The molecule has 0 fully saturated rings. The van der Waals surface area contributed by atoms with Gasteiger partial charge in [0.2, 0.25) is 10.0 Å². The van der Waals surface area contributed by atoms with E-state index in [0.717, 1.165) is 29.8 Å². The lowest BCUT2D eigenvalue weighted by molar-refractivity contribution is -0.137. The van der Waals surface area contributed by atoms with Crippen LogP contribution in [0.3, 0.4) is 0 Å². The van der Waals surface area contributed by atoms with Crippen LogP contribution in [0.5, 0.6) is 0 Å². The highest BCUT2D eigenvalue weighted by Crippen LogP contribution is 2.26. The van der Waals surface area contributed by atoms with Crippen molar-refractivity contribution in [3.8, 4) is 0 Å². The van der Waals surface area contributed by atoms with E-state index in [9.17, 15) is 30.8 Å². The van der Waals surface area contributed by atoms with Gasteiger partial charge in [-0.25, -0.2) is 17.5 Å². The Labute approximate surface area is 190 Å². The average molecular weight is 490 g/mol. The molecule has 0 saturated carbocycles. The van der Waals surface area contributed by atoms with Gasteiger partial charge in [0, 0.05) is 18.9 Å². The number of halogens is 4. The van der Waals surface area contributed by atoms with Gasteiger partial charge in [-0.1, -0.05) is 37.1 Å². The third kappa shape index (κ3) is 9.91. The zero-order chi connectivity index (χ0) is 24.5. The van der Waals surface area contributed by atoms with Crippen molar-refractivity contribution in [2.75, 3.05) is 0 Å². The molecule has 1 atom stereocenters. The standard InChI is InChI=1S/C23H27F4NO4S/c24-19-12-14-20(15-13-19)33(31,32)28-21(6-2-1-3-16-23(25,26)27)18-10-8-17(9-11-18)5-4-7-22(29)30/h8-15,21,28H,1-7,16H2,(H,29,30). The fraction of sp³-hybridized carbons (Fsp3) is 0.435. The second-order valence-electron chi connectivity index (χ2n) is 7.83. The van der Waals surface area contributed by atoms with E-state index < -0.39 is 40.4 Å². The summed E-state index contributed by atoms with van der Waals surface area (Å²) in [5, 5.41) is 8.74. The van der Waals surface area contributed by atoms with Crippen molar-refractivity contribution < 1.29 is 35.9 Å². The minimum Gasteiger partial charge on any atom is -0.481 e. The molecule has 10 heteroatoms. The van der Waals surface area contributed by atoms with Crippen LogP contribution in [-0.2, 0) is 21.2 Å². The van der Waals surface area contributed by atoms with Crippen molar-refractivity contribution in [1.82, 2.24) is 4.72 Å². The topological polar surface area (TPSA) is 83.5 Å². The number of nitrogens with one attached hydrogen (secondary N) is 1. The Morgan fingerprint density at radius 3 is 2.15 bits per heavy atom. The Morgan fingerprint density at radius 1 is 0.939 bits per heavy atom. The first kappa shape index (κ1) is 26.8. The summed E-state index contributed by atoms with van der Waals surface area (Å²) >= 11 is 0. The molecule has 0 aliphatic heterocycles. The number of hydrogen-bond donors (Lipinski definition) is 2. The minimum atomic E-state index is -4.22. The van der Waals surface area contributed by atoms with Crippen molar-refractivity contribution in [2.24, 2.45) is 0 Å². The largest absolute Gasteiger partial charge is 0.481 e. The zero-order valence-electron chi connectivity index (χ0n) is 17.9. The second kappa shape index (κ2) is 12.1. The second-order valence-corrected chi connectivity index (χ2v) is 9.55. The lowest BCUT2D eigenvalue weighted by Gasteiger charge is -2.20. The maximum atomic E-state index is 13.2. The van der Waals surface area contributed by atoms with E-state index in [1.807, 2.05) is 0 Å². The van der Waals surface area contributed by atoms with Gasteiger partial charge in [0.05, 0.1) is 4.90 Å². The van der Waals surface area contributed by atoms with E-state index in [4.69, 9.17) is 5.11 Å². The SMILES string of the molecule is O=C(O)CCCc1ccc(C(CCCCCC(F)(F)F)NS(=O)(=O)c2ccc(F)cc2)cc1. The highest BCUT2D eigenvalue weighted by atomic mass is 32.2. The van der Waals surface area contributed by atoms with Gasteiger partial charge < -0.3 is 5.11 Å². The number of rotatable bonds is 13. The highest BCUT2D eigenvalue weighted by molar-refractivity contribution is 7.89. The number of aliphatic carboxylic acids is 1. The molecule has 0 radical (unpaired) electrons. The number of sulfonamides is 1. The fourth-order valence-corrected chi connectivity index (χ4v) is 4.63. The Kier molecular flexibility index (Phi) is 9.85. The number of hydrogen-bond acceptors (Lipinski definition) is 3. The van der Waals surface area contributed by atoms with Gasteiger partial charge in [0.15, 0.2) is 0 Å². The Morgan fingerprint density at radius 2 is 1.58 bits per heavy atom. The number of aryl methyl sites for hydroxylation is 1. The molecular formula is C23H27F4NO4S. The van der Waals surface area contributed by atoms with Crippen molar-refractivity contribution in [2.45, 2.75) is 68.5 Å². The Balaban J connectivity index is 2.10. The van der Waals surface area contributed by atoms with E-state index in [-0.39, 0.29) is 24.2 Å². The molecule has 0 aliphatic carbocycles. The molecule has 2 aromatic rings. The van der Waals surface area contributed by atoms with Gasteiger partial charge in [-0.2, -0.15) is 13.2 Å². The molecule has 0 aliphatic rings. The summed E-state index contributed by atoms with van der Waals surface area (Å²) in [6, 6.07) is 10.7. The number of benzene rings is 2. The van der Waals surface area contributed by atoms with Gasteiger partial charge in [0.25, 0.3) is 0 Å². The van der Waals surface area contributed by atoms with Crippen LogP contribution in [0.4, 0.5) is 17.6 Å². The Hall–Kier alpha value is -2.46. The lowest BCUT2D eigenvalue weighted by atomic mass is 9.98. The molecule has 2 N–H and O–H groups in total. The van der Waals surface area contributed by atoms with Gasteiger partial charge >= 0.3 is 12.1 Å². The van der Waals surface area contributed by atoms with E-state index in [0.29, 0.717) is 31.2 Å². The predicted octanol–water partition coefficient (Wildman–Crippen LogP) is 5.77. The van der Waals surface area contributed by atoms with Crippen LogP contribution in [0.1, 0.15) is 62.1 Å². The zero-order valence-corrected chi connectivity index (χ0v) is 18.8. The molecule has 0 amide bonds. The van der Waals surface area contributed by atoms with Crippen LogP contribution < -0.4 is 4.72 Å². The van der Waals surface area contributed by atoms with E-state index >= 15 is 0 Å². The van der Waals surface area contributed by atoms with E-state index in [1.165, 1.54) is 0 Å². The van der Waals surface area contributed by atoms with Crippen LogP contribution in [0, 0.1) is 5.82 Å². The fourth-order valence-electron chi connectivity index (χ4n) is 3.37. The van der Waals surface area contributed by atoms with Gasteiger partial charge in [-0.15, -0.1) is 0 Å². The molecule has 182 valence electrons. The molecule has 2 rings (SSSR count). The molecule has 0 heterocycles. The molecule has 33 heavy (non-hydrogen) atoms. The number of carbonyl (C=O) groups is 1. The monoisotopic (exact) mass is 489 g/mol. The van der Waals surface area contributed by atoms with Crippen LogP contribution in [0.2, 0.25) is 0 Å². The van der Waals surface area contributed by atoms with Gasteiger partial charge in [-0.05, 0) is 61.1 Å². The molecule has 0 bridgehead atoms. The summed E-state index contributed by atoms with van der Waals surface area (Å²) in [5.41, 5.74) is 1.53. The quantitative estimate of drug-likeness (QED) is 0.277. The van der Waals surface area contributed by atoms with E-state index in [1.54, 1.807) is 24.3 Å². The number of unbranched alkanes of at least 4 members (excludes halogenated alkanes) is 2. The first-order valence-corrected chi connectivity index (χ1v) is 12.1. The summed E-state index contributed by atoms with van der Waals surface area (Å²) in [5.74, 6) is -1.46. The minimum absolute atomic E-state index is 0.0382. The van der Waals surface area contributed by atoms with Crippen molar-refractivity contribution >= 4 is 16.0 Å². The summed E-state index contributed by atoms with van der Waals surface area (Å²) in [6.45, 7) is 0. The van der Waals surface area contributed by atoms with Gasteiger partial charge in [-0.3, -0.25) is 4.79 Å². The van der Waals surface area contributed by atoms with Crippen LogP contribution >= 0.6 is 0 Å². The smallest absolute Gasteiger partial charge is 0.389 e. The first-order chi connectivity index (χ1) is 15.5. The Bertz CT molecular complexity index is 991. The van der Waals surface area contributed by atoms with Gasteiger partial charge in [0.1, 0.15) is 5.82 Å². The maximum Gasteiger partial charge on any atom is 0.389 e.